The van der Waals surface area contributed by atoms with Gasteiger partial charge in [-0.05, 0) is 11.6 Å². The first-order valence-electron chi connectivity index (χ1n) is 3.67. The van der Waals surface area contributed by atoms with Crippen LogP contribution in [0.3, 0.4) is 0 Å². The van der Waals surface area contributed by atoms with Crippen molar-refractivity contribution in [3.8, 4) is 0 Å². The second-order valence-electron chi connectivity index (χ2n) is 2.44. The highest BCUT2D eigenvalue weighted by molar-refractivity contribution is 6.30. The van der Waals surface area contributed by atoms with Crippen LogP contribution in [-0.2, 0) is 4.79 Å². The zero-order chi connectivity index (χ0) is 9.68. The molecule has 1 N–H and O–H groups in total. The van der Waals surface area contributed by atoms with Crippen molar-refractivity contribution < 1.29 is 9.90 Å². The molecule has 1 aromatic rings. The zero-order valence-corrected chi connectivity index (χ0v) is 7.53. The Morgan fingerprint density at radius 1 is 1.62 bits per heavy atom. The van der Waals surface area contributed by atoms with Gasteiger partial charge in [-0.3, -0.25) is 9.78 Å². The minimum atomic E-state index is -0.855. The number of hydrogen-bond acceptors (Lipinski definition) is 2. The molecule has 0 fully saturated rings. The van der Waals surface area contributed by atoms with Crippen LogP contribution in [-0.4, -0.2) is 16.1 Å². The number of carboxylic acids is 1. The molecule has 0 saturated heterocycles. The number of aliphatic carboxylic acids is 1. The lowest BCUT2D eigenvalue weighted by Gasteiger charge is -1.92. The van der Waals surface area contributed by atoms with Crippen LogP contribution in [0.1, 0.15) is 12.0 Å². The number of pyridine rings is 1. The van der Waals surface area contributed by atoms with E-state index in [0.717, 1.165) is 5.56 Å². The van der Waals surface area contributed by atoms with Gasteiger partial charge in [0.15, 0.2) is 0 Å². The minimum absolute atomic E-state index is 0.00646. The van der Waals surface area contributed by atoms with Crippen molar-refractivity contribution in [2.75, 3.05) is 0 Å². The lowest BCUT2D eigenvalue weighted by molar-refractivity contribution is -0.135. The Hall–Kier alpha value is -1.35. The first kappa shape index (κ1) is 9.74. The van der Waals surface area contributed by atoms with Crippen LogP contribution in [0.2, 0.25) is 5.02 Å². The fraction of sp³-hybridized carbons (Fsp3) is 0.111. The van der Waals surface area contributed by atoms with E-state index in [1.54, 1.807) is 24.4 Å². The molecule has 0 aromatic carbocycles. The lowest BCUT2D eigenvalue weighted by Crippen LogP contribution is -1.89. The Balaban J connectivity index is 2.63. The summed E-state index contributed by atoms with van der Waals surface area (Å²) in [5.74, 6) is -0.855. The van der Waals surface area contributed by atoms with Crippen LogP contribution in [0, 0.1) is 0 Å². The van der Waals surface area contributed by atoms with Gasteiger partial charge in [-0.25, -0.2) is 0 Å². The molecule has 0 atom stereocenters. The van der Waals surface area contributed by atoms with Crippen LogP contribution in [0.5, 0.6) is 0 Å². The average Bonchev–Trinajstić information content (AvgIpc) is 2.03. The van der Waals surface area contributed by atoms with Gasteiger partial charge in [-0.1, -0.05) is 23.8 Å². The number of aromatic nitrogens is 1. The molecule has 4 heteroatoms. The summed E-state index contributed by atoms with van der Waals surface area (Å²) >= 11 is 5.67. The summed E-state index contributed by atoms with van der Waals surface area (Å²) < 4.78 is 0. The standard InChI is InChI=1S/C9H8ClNO2/c10-8-4-7(5-11-6-8)2-1-3-9(12)13/h1-2,4-6H,3H2,(H,12,13). The molecule has 13 heavy (non-hydrogen) atoms. The summed E-state index contributed by atoms with van der Waals surface area (Å²) in [5, 5.41) is 8.89. The summed E-state index contributed by atoms with van der Waals surface area (Å²) in [4.78, 5) is 14.0. The van der Waals surface area contributed by atoms with Crippen molar-refractivity contribution in [3.05, 3.63) is 35.1 Å². The number of nitrogens with zero attached hydrogens (tertiary/aromatic N) is 1. The maximum Gasteiger partial charge on any atom is 0.307 e. The molecule has 0 unspecified atom stereocenters. The second-order valence-corrected chi connectivity index (χ2v) is 2.87. The second kappa shape index (κ2) is 4.62. The smallest absolute Gasteiger partial charge is 0.307 e. The number of halogens is 1. The van der Waals surface area contributed by atoms with Crippen molar-refractivity contribution >= 4 is 23.6 Å². The first-order valence-corrected chi connectivity index (χ1v) is 4.05. The molecule has 0 bridgehead atoms. The van der Waals surface area contributed by atoms with Crippen LogP contribution in [0.25, 0.3) is 6.08 Å². The molecule has 0 radical (unpaired) electrons. The summed E-state index contributed by atoms with van der Waals surface area (Å²) in [7, 11) is 0. The number of carbonyl (C=O) groups is 1. The highest BCUT2D eigenvalue weighted by Crippen LogP contribution is 2.09. The third kappa shape index (κ3) is 3.71. The monoisotopic (exact) mass is 197 g/mol. The SMILES string of the molecule is O=C(O)CC=Cc1cncc(Cl)c1. The highest BCUT2D eigenvalue weighted by atomic mass is 35.5. The quantitative estimate of drug-likeness (QED) is 0.809. The minimum Gasteiger partial charge on any atom is -0.481 e. The van der Waals surface area contributed by atoms with Gasteiger partial charge in [0, 0.05) is 12.4 Å². The third-order valence-corrected chi connectivity index (χ3v) is 1.54. The summed E-state index contributed by atoms with van der Waals surface area (Å²) in [6, 6.07) is 1.72. The van der Waals surface area contributed by atoms with E-state index in [-0.39, 0.29) is 6.42 Å². The van der Waals surface area contributed by atoms with E-state index in [0.29, 0.717) is 5.02 Å². The predicted molar refractivity (Wildman–Crippen MR) is 50.5 cm³/mol. The normalized spacial score (nSPS) is 10.5. The topological polar surface area (TPSA) is 50.2 Å². The molecule has 3 nitrogen and oxygen atoms in total. The van der Waals surface area contributed by atoms with E-state index in [2.05, 4.69) is 4.98 Å². The van der Waals surface area contributed by atoms with Crippen molar-refractivity contribution in [2.45, 2.75) is 6.42 Å². The van der Waals surface area contributed by atoms with Crippen molar-refractivity contribution in [3.63, 3.8) is 0 Å². The summed E-state index contributed by atoms with van der Waals surface area (Å²) in [5.41, 5.74) is 0.800. The van der Waals surface area contributed by atoms with Gasteiger partial charge in [0.1, 0.15) is 0 Å². The molecule has 1 rings (SSSR count). The fourth-order valence-corrected chi connectivity index (χ4v) is 0.998. The van der Waals surface area contributed by atoms with Gasteiger partial charge in [-0.15, -0.1) is 0 Å². The summed E-state index contributed by atoms with van der Waals surface area (Å²) in [6.45, 7) is 0. The van der Waals surface area contributed by atoms with E-state index in [1.165, 1.54) is 6.20 Å². The van der Waals surface area contributed by atoms with E-state index < -0.39 is 5.97 Å². The van der Waals surface area contributed by atoms with Gasteiger partial charge in [-0.2, -0.15) is 0 Å². The molecular weight excluding hydrogens is 190 g/mol. The fourth-order valence-electron chi connectivity index (χ4n) is 0.815. The molecule has 1 aromatic heterocycles. The number of carboxylic acid groups (broad SMARTS) is 1. The molecule has 0 spiro atoms. The molecular formula is C9H8ClNO2. The number of hydrogen-bond donors (Lipinski definition) is 1. The Morgan fingerprint density at radius 2 is 2.38 bits per heavy atom. The van der Waals surface area contributed by atoms with Crippen molar-refractivity contribution in [2.24, 2.45) is 0 Å². The van der Waals surface area contributed by atoms with E-state index in [9.17, 15) is 4.79 Å². The highest BCUT2D eigenvalue weighted by Gasteiger charge is 1.92. The van der Waals surface area contributed by atoms with Gasteiger partial charge in [0.05, 0.1) is 11.4 Å². The summed E-state index contributed by atoms with van der Waals surface area (Å²) in [6.07, 6.45) is 6.37. The van der Waals surface area contributed by atoms with E-state index >= 15 is 0 Å². The molecule has 0 aliphatic carbocycles. The molecule has 0 amide bonds. The lowest BCUT2D eigenvalue weighted by atomic mass is 10.2. The molecule has 0 saturated carbocycles. The first-order chi connectivity index (χ1) is 6.18. The maximum atomic E-state index is 10.2. The van der Waals surface area contributed by atoms with Crippen LogP contribution in [0.4, 0.5) is 0 Å². The Kier molecular flexibility index (Phi) is 3.46. The van der Waals surface area contributed by atoms with E-state index in [4.69, 9.17) is 16.7 Å². The van der Waals surface area contributed by atoms with Gasteiger partial charge in [0.25, 0.3) is 0 Å². The van der Waals surface area contributed by atoms with Gasteiger partial charge in [0.2, 0.25) is 0 Å². The molecule has 0 aliphatic rings. The van der Waals surface area contributed by atoms with E-state index in [1.807, 2.05) is 0 Å². The Labute approximate surface area is 80.7 Å². The van der Waals surface area contributed by atoms with Gasteiger partial charge >= 0.3 is 5.97 Å². The molecule has 68 valence electrons. The zero-order valence-electron chi connectivity index (χ0n) is 6.77. The average molecular weight is 198 g/mol. The number of rotatable bonds is 3. The van der Waals surface area contributed by atoms with Crippen LogP contribution >= 0.6 is 11.6 Å². The Bertz CT molecular complexity index is 336. The largest absolute Gasteiger partial charge is 0.481 e. The molecule has 0 aliphatic heterocycles. The van der Waals surface area contributed by atoms with Gasteiger partial charge < -0.3 is 5.11 Å². The molecule has 1 heterocycles. The Morgan fingerprint density at radius 3 is 3.00 bits per heavy atom. The van der Waals surface area contributed by atoms with Crippen LogP contribution < -0.4 is 0 Å². The maximum absolute atomic E-state index is 10.2. The van der Waals surface area contributed by atoms with Crippen molar-refractivity contribution in [1.82, 2.24) is 4.98 Å². The van der Waals surface area contributed by atoms with Crippen LogP contribution in [0.15, 0.2) is 24.5 Å². The third-order valence-electron chi connectivity index (χ3n) is 1.33. The van der Waals surface area contributed by atoms with Crippen molar-refractivity contribution in [1.29, 1.82) is 0 Å². The predicted octanol–water partition coefficient (Wildman–Crippen LogP) is 2.22.